The second-order valence-corrected chi connectivity index (χ2v) is 7.25. The van der Waals surface area contributed by atoms with Gasteiger partial charge in [-0.15, -0.1) is 0 Å². The van der Waals surface area contributed by atoms with E-state index >= 15 is 0 Å². The molecule has 1 aliphatic heterocycles. The molecule has 100 valence electrons. The van der Waals surface area contributed by atoms with E-state index in [1.807, 2.05) is 0 Å². The van der Waals surface area contributed by atoms with Crippen molar-refractivity contribution in [3.63, 3.8) is 0 Å². The molecule has 0 amide bonds. The number of carbonyl (C=O) groups excluding carboxylic acids is 1. The first kappa shape index (κ1) is 14.7. The number of hydrogen-bond acceptors (Lipinski definition) is 2. The Kier molecular flexibility index (Phi) is 4.77. The summed E-state index contributed by atoms with van der Waals surface area (Å²) in [4.78, 5) is 12.4. The van der Waals surface area contributed by atoms with Crippen molar-refractivity contribution in [1.82, 2.24) is 5.32 Å². The fourth-order valence-corrected chi connectivity index (χ4v) is 2.51. The lowest BCUT2D eigenvalue weighted by molar-refractivity contribution is -0.130. The Morgan fingerprint density at radius 3 is 2.35 bits per heavy atom. The fraction of sp³-hybridized carbons (Fsp3) is 0.933. The van der Waals surface area contributed by atoms with E-state index < -0.39 is 0 Å². The van der Waals surface area contributed by atoms with Crippen LogP contribution in [0.1, 0.15) is 60.3 Å². The Labute approximate surface area is 107 Å². The maximum absolute atomic E-state index is 12.4. The lowest BCUT2D eigenvalue weighted by Crippen LogP contribution is -2.42. The molecule has 1 rings (SSSR count). The van der Waals surface area contributed by atoms with Crippen molar-refractivity contribution < 1.29 is 4.79 Å². The van der Waals surface area contributed by atoms with E-state index in [0.717, 1.165) is 25.9 Å². The average molecular weight is 239 g/mol. The van der Waals surface area contributed by atoms with Crippen molar-refractivity contribution in [3.8, 4) is 0 Å². The maximum atomic E-state index is 12.4. The first-order valence-corrected chi connectivity index (χ1v) is 6.97. The molecule has 1 fully saturated rings. The first-order chi connectivity index (χ1) is 7.73. The highest BCUT2D eigenvalue weighted by Gasteiger charge is 2.36. The molecular formula is C15H29NO. The molecule has 0 radical (unpaired) electrons. The highest BCUT2D eigenvalue weighted by molar-refractivity contribution is 5.84. The van der Waals surface area contributed by atoms with Gasteiger partial charge in [0.2, 0.25) is 0 Å². The van der Waals surface area contributed by atoms with Crippen molar-refractivity contribution in [3.05, 3.63) is 0 Å². The molecule has 1 N–H and O–H groups in total. The summed E-state index contributed by atoms with van der Waals surface area (Å²) < 4.78 is 0. The van der Waals surface area contributed by atoms with Gasteiger partial charge in [0.05, 0.1) is 0 Å². The van der Waals surface area contributed by atoms with Gasteiger partial charge in [-0.05, 0) is 43.7 Å². The third kappa shape index (κ3) is 4.42. The summed E-state index contributed by atoms with van der Waals surface area (Å²) in [5.41, 5.74) is 0.106. The number of nitrogens with one attached hydrogen (secondary N) is 1. The van der Waals surface area contributed by atoms with Crippen LogP contribution in [-0.4, -0.2) is 18.9 Å². The van der Waals surface area contributed by atoms with Crippen LogP contribution in [-0.2, 0) is 4.79 Å². The van der Waals surface area contributed by atoms with E-state index in [9.17, 15) is 4.79 Å². The third-order valence-electron chi connectivity index (χ3n) is 4.14. The molecule has 0 aromatic carbocycles. The third-order valence-corrected chi connectivity index (χ3v) is 4.14. The Bertz CT molecular complexity index is 257. The number of Topliss-reactive ketones (excluding diaryl/α,β-unsaturated/α-hetero) is 1. The first-order valence-electron chi connectivity index (χ1n) is 6.97. The fourth-order valence-electron chi connectivity index (χ4n) is 2.51. The number of rotatable bonds is 4. The minimum Gasteiger partial charge on any atom is -0.316 e. The van der Waals surface area contributed by atoms with Crippen LogP contribution in [0.2, 0.25) is 0 Å². The van der Waals surface area contributed by atoms with Gasteiger partial charge in [0.15, 0.2) is 0 Å². The molecular weight excluding hydrogens is 210 g/mol. The molecule has 0 aromatic heterocycles. The number of carbonyl (C=O) groups is 1. The van der Waals surface area contributed by atoms with Gasteiger partial charge in [0.25, 0.3) is 0 Å². The molecule has 2 nitrogen and oxygen atoms in total. The molecule has 1 unspecified atom stereocenters. The monoisotopic (exact) mass is 239 g/mol. The Morgan fingerprint density at radius 1 is 1.24 bits per heavy atom. The lowest BCUT2D eigenvalue weighted by Gasteiger charge is -2.36. The summed E-state index contributed by atoms with van der Waals surface area (Å²) in [6.45, 7) is 13.0. The van der Waals surface area contributed by atoms with Crippen molar-refractivity contribution in [2.24, 2.45) is 16.7 Å². The van der Waals surface area contributed by atoms with Gasteiger partial charge in [-0.3, -0.25) is 4.79 Å². The molecule has 0 aromatic rings. The van der Waals surface area contributed by atoms with Crippen LogP contribution in [0.15, 0.2) is 0 Å². The molecule has 1 saturated heterocycles. The molecule has 1 aliphatic rings. The van der Waals surface area contributed by atoms with Gasteiger partial charge in [-0.2, -0.15) is 0 Å². The molecule has 1 atom stereocenters. The summed E-state index contributed by atoms with van der Waals surface area (Å²) in [7, 11) is 0. The lowest BCUT2D eigenvalue weighted by atomic mass is 9.70. The van der Waals surface area contributed by atoms with Crippen molar-refractivity contribution in [1.29, 1.82) is 0 Å². The predicted octanol–water partition coefficient (Wildman–Crippen LogP) is 3.41. The van der Waals surface area contributed by atoms with E-state index in [4.69, 9.17) is 0 Å². The van der Waals surface area contributed by atoms with Crippen molar-refractivity contribution >= 4 is 5.78 Å². The molecule has 1 heterocycles. The van der Waals surface area contributed by atoms with Gasteiger partial charge in [0.1, 0.15) is 5.78 Å². The molecule has 0 bridgehead atoms. The summed E-state index contributed by atoms with van der Waals surface area (Å²) in [5.74, 6) is 0.963. The smallest absolute Gasteiger partial charge is 0.138 e. The number of piperidine rings is 1. The topological polar surface area (TPSA) is 29.1 Å². The maximum Gasteiger partial charge on any atom is 0.138 e. The van der Waals surface area contributed by atoms with E-state index in [-0.39, 0.29) is 10.8 Å². The summed E-state index contributed by atoms with van der Waals surface area (Å²) in [5, 5.41) is 3.42. The standard InChI is InChI=1S/C15H29NO/c1-14(2,3)9-8-13(17)15(4,5)12-7-6-10-16-11-12/h12,16H,6-11H2,1-5H3. The SMILES string of the molecule is CC(C)(C)CCC(=O)C(C)(C)C1CCCNC1. The normalized spacial score (nSPS) is 22.5. The minimum atomic E-state index is -0.154. The van der Waals surface area contributed by atoms with Gasteiger partial charge in [-0.1, -0.05) is 34.6 Å². The molecule has 2 heteroatoms. The second-order valence-electron chi connectivity index (χ2n) is 7.25. The van der Waals surface area contributed by atoms with Crippen LogP contribution in [0.25, 0.3) is 0 Å². The van der Waals surface area contributed by atoms with Gasteiger partial charge >= 0.3 is 0 Å². The Morgan fingerprint density at radius 2 is 1.88 bits per heavy atom. The van der Waals surface area contributed by atoms with Crippen LogP contribution in [0.5, 0.6) is 0 Å². The number of hydrogen-bond donors (Lipinski definition) is 1. The Hall–Kier alpha value is -0.370. The molecule has 0 aliphatic carbocycles. The van der Waals surface area contributed by atoms with E-state index in [0.29, 0.717) is 11.7 Å². The Balaban J connectivity index is 2.53. The van der Waals surface area contributed by atoms with Crippen LogP contribution >= 0.6 is 0 Å². The van der Waals surface area contributed by atoms with Crippen LogP contribution in [0.4, 0.5) is 0 Å². The average Bonchev–Trinajstić information content (AvgIpc) is 2.26. The zero-order chi connectivity index (χ0) is 13.1. The van der Waals surface area contributed by atoms with Gasteiger partial charge in [0, 0.05) is 11.8 Å². The zero-order valence-electron chi connectivity index (χ0n) is 12.2. The van der Waals surface area contributed by atoms with Crippen LogP contribution in [0, 0.1) is 16.7 Å². The molecule has 17 heavy (non-hydrogen) atoms. The quantitative estimate of drug-likeness (QED) is 0.814. The molecule has 0 spiro atoms. The van der Waals surface area contributed by atoms with Crippen molar-refractivity contribution in [2.75, 3.05) is 13.1 Å². The summed E-state index contributed by atoms with van der Waals surface area (Å²) in [6.07, 6.45) is 4.13. The number of ketones is 1. The summed E-state index contributed by atoms with van der Waals surface area (Å²) in [6, 6.07) is 0. The molecule has 0 saturated carbocycles. The van der Waals surface area contributed by atoms with E-state index in [1.165, 1.54) is 12.8 Å². The summed E-state index contributed by atoms with van der Waals surface area (Å²) >= 11 is 0. The largest absolute Gasteiger partial charge is 0.316 e. The highest BCUT2D eigenvalue weighted by atomic mass is 16.1. The predicted molar refractivity (Wildman–Crippen MR) is 73.1 cm³/mol. The van der Waals surface area contributed by atoms with E-state index in [2.05, 4.69) is 39.9 Å². The minimum absolute atomic E-state index is 0.154. The zero-order valence-corrected chi connectivity index (χ0v) is 12.2. The van der Waals surface area contributed by atoms with Gasteiger partial charge in [-0.25, -0.2) is 0 Å². The van der Waals surface area contributed by atoms with Gasteiger partial charge < -0.3 is 5.32 Å². The van der Waals surface area contributed by atoms with Crippen LogP contribution < -0.4 is 5.32 Å². The second kappa shape index (κ2) is 5.51. The highest BCUT2D eigenvalue weighted by Crippen LogP contribution is 2.35. The van der Waals surface area contributed by atoms with Crippen LogP contribution in [0.3, 0.4) is 0 Å². The van der Waals surface area contributed by atoms with E-state index in [1.54, 1.807) is 0 Å². The van der Waals surface area contributed by atoms with Crippen molar-refractivity contribution in [2.45, 2.75) is 60.3 Å².